The molecule has 0 saturated carbocycles. The Kier molecular flexibility index (Phi) is 1.59. The van der Waals surface area contributed by atoms with Crippen molar-refractivity contribution in [2.45, 2.75) is 0 Å². The first-order valence-electron chi connectivity index (χ1n) is 4.71. The van der Waals surface area contributed by atoms with Crippen molar-refractivity contribution in [2.75, 3.05) is 0 Å². The molecule has 72 valence electrons. The lowest BCUT2D eigenvalue weighted by Gasteiger charge is -1.93. The molecule has 0 fully saturated rings. The van der Waals surface area contributed by atoms with Gasteiger partial charge in [0.15, 0.2) is 0 Å². The number of H-pyrrole nitrogens is 1. The number of fused-ring (bicyclic) bond motifs is 3. The van der Waals surface area contributed by atoms with Gasteiger partial charge in [-0.15, -0.1) is 0 Å². The van der Waals surface area contributed by atoms with Crippen LogP contribution in [0.4, 0.5) is 0 Å². The lowest BCUT2D eigenvalue weighted by Crippen LogP contribution is -1.93. The van der Waals surface area contributed by atoms with E-state index in [1.165, 1.54) is 0 Å². The predicted molar refractivity (Wildman–Crippen MR) is 59.9 cm³/mol. The number of hydrogen-bond acceptors (Lipinski definition) is 2. The Labute approximate surface area is 85.4 Å². The molecular weight excluding hydrogens is 188 g/mol. The Balaban J connectivity index is 2.65. The largest absolute Gasteiger partial charge is 0.321 e. The average Bonchev–Trinajstić information content (AvgIpc) is 2.48. The maximum atomic E-state index is 11.2. The van der Waals surface area contributed by atoms with Crippen molar-refractivity contribution in [2.24, 2.45) is 0 Å². The van der Waals surface area contributed by atoms with Gasteiger partial charge in [0.2, 0.25) is 5.56 Å². The van der Waals surface area contributed by atoms with E-state index in [0.717, 1.165) is 21.8 Å². The highest BCUT2D eigenvalue weighted by molar-refractivity contribution is 6.03. The van der Waals surface area contributed by atoms with E-state index in [-0.39, 0.29) is 5.56 Å². The molecule has 0 radical (unpaired) electrons. The maximum Gasteiger partial charge on any atom is 0.249 e. The van der Waals surface area contributed by atoms with Crippen LogP contribution in [0.5, 0.6) is 0 Å². The summed E-state index contributed by atoms with van der Waals surface area (Å²) in [4.78, 5) is 18.3. The molecule has 2 aromatic heterocycles. The van der Waals surface area contributed by atoms with E-state index in [9.17, 15) is 4.79 Å². The molecule has 3 aromatic rings. The zero-order chi connectivity index (χ0) is 10.3. The van der Waals surface area contributed by atoms with Gasteiger partial charge in [0.05, 0.1) is 11.0 Å². The summed E-state index contributed by atoms with van der Waals surface area (Å²) in [6.07, 6.45) is 1.75. The van der Waals surface area contributed by atoms with Crippen LogP contribution in [0, 0.1) is 0 Å². The lowest BCUT2D eigenvalue weighted by atomic mass is 10.2. The smallest absolute Gasteiger partial charge is 0.249 e. The molecule has 0 unspecified atom stereocenters. The summed E-state index contributed by atoms with van der Waals surface area (Å²) in [7, 11) is 0. The highest BCUT2D eigenvalue weighted by atomic mass is 16.1. The highest BCUT2D eigenvalue weighted by Crippen LogP contribution is 2.19. The molecule has 0 aliphatic carbocycles. The normalized spacial score (nSPS) is 10.9. The van der Waals surface area contributed by atoms with Crippen LogP contribution in [0.1, 0.15) is 0 Å². The number of nitrogens with one attached hydrogen (secondary N) is 1. The third-order valence-corrected chi connectivity index (χ3v) is 2.46. The lowest BCUT2D eigenvalue weighted by molar-refractivity contribution is 1.37. The first-order chi connectivity index (χ1) is 7.34. The summed E-state index contributed by atoms with van der Waals surface area (Å²) in [6.45, 7) is 0. The van der Waals surface area contributed by atoms with E-state index in [1.54, 1.807) is 12.3 Å². The Morgan fingerprint density at radius 2 is 2.07 bits per heavy atom. The Hall–Kier alpha value is -2.16. The minimum Gasteiger partial charge on any atom is -0.321 e. The first kappa shape index (κ1) is 8.17. The van der Waals surface area contributed by atoms with E-state index in [2.05, 4.69) is 9.97 Å². The minimum absolute atomic E-state index is 0.0657. The van der Waals surface area contributed by atoms with Crippen molar-refractivity contribution >= 4 is 21.8 Å². The topological polar surface area (TPSA) is 45.8 Å². The number of nitrogens with zero attached hydrogens (tertiary/aromatic N) is 1. The molecule has 0 aliphatic rings. The number of benzene rings is 1. The second kappa shape index (κ2) is 2.92. The van der Waals surface area contributed by atoms with Crippen LogP contribution in [-0.2, 0) is 0 Å². The van der Waals surface area contributed by atoms with Crippen molar-refractivity contribution in [1.82, 2.24) is 9.97 Å². The number of rotatable bonds is 0. The van der Waals surface area contributed by atoms with Gasteiger partial charge in [0.1, 0.15) is 0 Å². The molecule has 0 aliphatic heterocycles. The molecule has 15 heavy (non-hydrogen) atoms. The van der Waals surface area contributed by atoms with Gasteiger partial charge in [-0.25, -0.2) is 0 Å². The minimum atomic E-state index is -0.0657. The second-order valence-corrected chi connectivity index (χ2v) is 3.43. The third-order valence-electron chi connectivity index (χ3n) is 2.46. The molecule has 0 amide bonds. The summed E-state index contributed by atoms with van der Waals surface area (Å²) in [5, 5.41) is 1.90. The van der Waals surface area contributed by atoms with Crippen LogP contribution in [-0.4, -0.2) is 9.97 Å². The predicted octanol–water partition coefficient (Wildman–Crippen LogP) is 2.08. The van der Waals surface area contributed by atoms with Crippen molar-refractivity contribution in [3.05, 3.63) is 52.9 Å². The summed E-state index contributed by atoms with van der Waals surface area (Å²) in [6, 6.07) is 11.2. The summed E-state index contributed by atoms with van der Waals surface area (Å²) >= 11 is 0. The van der Waals surface area contributed by atoms with Gasteiger partial charge in [0, 0.05) is 23.0 Å². The third kappa shape index (κ3) is 1.21. The summed E-state index contributed by atoms with van der Waals surface area (Å²) in [5.74, 6) is 0. The molecule has 0 bridgehead atoms. The number of aromatic nitrogens is 2. The van der Waals surface area contributed by atoms with Crippen LogP contribution in [0.15, 0.2) is 47.4 Å². The van der Waals surface area contributed by atoms with E-state index in [4.69, 9.17) is 0 Å². The Morgan fingerprint density at radius 3 is 3.00 bits per heavy atom. The zero-order valence-electron chi connectivity index (χ0n) is 7.90. The maximum absolute atomic E-state index is 11.2. The Morgan fingerprint density at radius 1 is 1.13 bits per heavy atom. The van der Waals surface area contributed by atoms with Crippen molar-refractivity contribution in [1.29, 1.82) is 0 Å². The number of hydrogen-bond donors (Lipinski definition) is 1. The SMILES string of the molecule is O=c1cc2ccc3nccccc3c2[nH]1. The molecule has 1 N–H and O–H groups in total. The highest BCUT2D eigenvalue weighted by Gasteiger charge is 2.02. The molecular formula is C12H8N2O. The van der Waals surface area contributed by atoms with E-state index >= 15 is 0 Å². The van der Waals surface area contributed by atoms with Crippen LogP contribution in [0.25, 0.3) is 21.8 Å². The fraction of sp³-hybridized carbons (Fsp3) is 0. The first-order valence-corrected chi connectivity index (χ1v) is 4.71. The van der Waals surface area contributed by atoms with E-state index < -0.39 is 0 Å². The van der Waals surface area contributed by atoms with E-state index in [0.29, 0.717) is 0 Å². The quantitative estimate of drug-likeness (QED) is 0.598. The van der Waals surface area contributed by atoms with Gasteiger partial charge in [-0.2, -0.15) is 0 Å². The zero-order valence-corrected chi connectivity index (χ0v) is 7.90. The number of aromatic amines is 1. The summed E-state index contributed by atoms with van der Waals surface area (Å²) in [5.41, 5.74) is 1.68. The van der Waals surface area contributed by atoms with Crippen LogP contribution in [0.3, 0.4) is 0 Å². The molecule has 3 heteroatoms. The standard InChI is InChI=1S/C12H8N2O/c15-11-7-8-4-5-10-9(12(8)14-11)3-1-2-6-13-10/h1-7H,(H,14,15). The molecule has 2 heterocycles. The Bertz CT molecular complexity index is 700. The van der Waals surface area contributed by atoms with Crippen molar-refractivity contribution in [3.8, 4) is 0 Å². The molecule has 0 spiro atoms. The molecule has 3 nitrogen and oxygen atoms in total. The fourth-order valence-corrected chi connectivity index (χ4v) is 1.79. The van der Waals surface area contributed by atoms with Gasteiger partial charge in [0.25, 0.3) is 0 Å². The van der Waals surface area contributed by atoms with Gasteiger partial charge in [-0.1, -0.05) is 18.2 Å². The van der Waals surface area contributed by atoms with Gasteiger partial charge < -0.3 is 4.98 Å². The second-order valence-electron chi connectivity index (χ2n) is 3.43. The monoisotopic (exact) mass is 196 g/mol. The fourth-order valence-electron chi connectivity index (χ4n) is 1.79. The van der Waals surface area contributed by atoms with E-state index in [1.807, 2.05) is 30.3 Å². The average molecular weight is 196 g/mol. The summed E-state index contributed by atoms with van der Waals surface area (Å²) < 4.78 is 0. The van der Waals surface area contributed by atoms with Gasteiger partial charge >= 0.3 is 0 Å². The molecule has 0 atom stereocenters. The van der Waals surface area contributed by atoms with Crippen LogP contribution >= 0.6 is 0 Å². The van der Waals surface area contributed by atoms with Crippen LogP contribution in [0.2, 0.25) is 0 Å². The van der Waals surface area contributed by atoms with Gasteiger partial charge in [-0.05, 0) is 12.1 Å². The molecule has 1 aromatic carbocycles. The van der Waals surface area contributed by atoms with Crippen LogP contribution < -0.4 is 5.56 Å². The van der Waals surface area contributed by atoms with Crippen molar-refractivity contribution < 1.29 is 0 Å². The van der Waals surface area contributed by atoms with Crippen molar-refractivity contribution in [3.63, 3.8) is 0 Å². The van der Waals surface area contributed by atoms with Gasteiger partial charge in [-0.3, -0.25) is 9.78 Å². The molecule has 3 rings (SSSR count). The molecule has 0 saturated heterocycles.